The highest BCUT2D eigenvalue weighted by atomic mass is 19.1. The van der Waals surface area contributed by atoms with E-state index in [-0.39, 0.29) is 12.3 Å². The monoisotopic (exact) mass is 470 g/mol. The SMILES string of the molecule is CC(C)CN(c1ccc(OC(C)C(=O)O)cc1NC(=O)Cc1ccccc1F)C1CCCCC1. The summed E-state index contributed by atoms with van der Waals surface area (Å²) in [5.74, 6) is -1.07. The highest BCUT2D eigenvalue weighted by Crippen LogP contribution is 2.36. The molecule has 1 amide bonds. The average molecular weight is 471 g/mol. The second-order valence-electron chi connectivity index (χ2n) is 9.43. The molecule has 0 spiro atoms. The number of hydrogen-bond acceptors (Lipinski definition) is 4. The van der Waals surface area contributed by atoms with Crippen LogP contribution in [0.25, 0.3) is 0 Å². The van der Waals surface area contributed by atoms with Crippen molar-refractivity contribution < 1.29 is 23.8 Å². The van der Waals surface area contributed by atoms with Crippen molar-refractivity contribution in [2.24, 2.45) is 5.92 Å². The Hall–Kier alpha value is -3.09. The van der Waals surface area contributed by atoms with Gasteiger partial charge in [-0.05, 0) is 49.4 Å². The van der Waals surface area contributed by atoms with E-state index in [1.54, 1.807) is 30.3 Å². The van der Waals surface area contributed by atoms with Gasteiger partial charge in [0.1, 0.15) is 11.6 Å². The molecule has 0 radical (unpaired) electrons. The minimum absolute atomic E-state index is 0.101. The van der Waals surface area contributed by atoms with Crippen LogP contribution in [0.2, 0.25) is 0 Å². The summed E-state index contributed by atoms with van der Waals surface area (Å²) in [6.07, 6.45) is 4.62. The lowest BCUT2D eigenvalue weighted by molar-refractivity contribution is -0.144. The van der Waals surface area contributed by atoms with E-state index in [0.29, 0.717) is 29.0 Å². The number of carboxylic acid groups (broad SMARTS) is 1. The molecule has 7 heteroatoms. The summed E-state index contributed by atoms with van der Waals surface area (Å²) < 4.78 is 19.7. The fourth-order valence-corrected chi connectivity index (χ4v) is 4.43. The number of nitrogens with zero attached hydrogens (tertiary/aromatic N) is 1. The predicted octanol–water partition coefficient (Wildman–Crippen LogP) is 5.65. The Balaban J connectivity index is 1.93. The Morgan fingerprint density at radius 2 is 1.82 bits per heavy atom. The van der Waals surface area contributed by atoms with Crippen LogP contribution in [0.15, 0.2) is 42.5 Å². The van der Waals surface area contributed by atoms with Gasteiger partial charge in [-0.2, -0.15) is 0 Å². The average Bonchev–Trinajstić information content (AvgIpc) is 2.80. The van der Waals surface area contributed by atoms with Crippen LogP contribution in [0, 0.1) is 11.7 Å². The van der Waals surface area contributed by atoms with Crippen LogP contribution >= 0.6 is 0 Å². The zero-order valence-electron chi connectivity index (χ0n) is 20.2. The van der Waals surface area contributed by atoms with Crippen molar-refractivity contribution in [3.05, 3.63) is 53.8 Å². The van der Waals surface area contributed by atoms with Gasteiger partial charge < -0.3 is 20.1 Å². The van der Waals surface area contributed by atoms with E-state index in [2.05, 4.69) is 24.1 Å². The third-order valence-electron chi connectivity index (χ3n) is 6.10. The van der Waals surface area contributed by atoms with Gasteiger partial charge in [0.2, 0.25) is 5.91 Å². The molecule has 0 saturated heterocycles. The molecular formula is C27H35FN2O4. The molecule has 6 nitrogen and oxygen atoms in total. The lowest BCUT2D eigenvalue weighted by atomic mass is 9.93. The topological polar surface area (TPSA) is 78.9 Å². The molecule has 1 atom stereocenters. The van der Waals surface area contributed by atoms with Gasteiger partial charge in [0, 0.05) is 18.7 Å². The third-order valence-corrected chi connectivity index (χ3v) is 6.10. The molecule has 184 valence electrons. The van der Waals surface area contributed by atoms with E-state index in [4.69, 9.17) is 4.74 Å². The first kappa shape index (κ1) is 25.5. The minimum Gasteiger partial charge on any atom is -0.479 e. The third kappa shape index (κ3) is 6.95. The Bertz CT molecular complexity index is 988. The van der Waals surface area contributed by atoms with Crippen LogP contribution < -0.4 is 15.0 Å². The van der Waals surface area contributed by atoms with Gasteiger partial charge in [0.15, 0.2) is 6.10 Å². The van der Waals surface area contributed by atoms with Crippen molar-refractivity contribution >= 4 is 23.3 Å². The molecule has 2 aromatic rings. The second kappa shape index (κ2) is 11.9. The summed E-state index contributed by atoms with van der Waals surface area (Å²) >= 11 is 0. The van der Waals surface area contributed by atoms with Crippen LogP contribution in [-0.4, -0.2) is 35.7 Å². The van der Waals surface area contributed by atoms with E-state index < -0.39 is 17.9 Å². The highest BCUT2D eigenvalue weighted by Gasteiger charge is 2.25. The first-order valence-corrected chi connectivity index (χ1v) is 12.1. The van der Waals surface area contributed by atoms with E-state index in [1.807, 2.05) is 6.07 Å². The van der Waals surface area contributed by atoms with Gasteiger partial charge in [-0.15, -0.1) is 0 Å². The minimum atomic E-state index is -1.07. The van der Waals surface area contributed by atoms with Crippen LogP contribution in [-0.2, 0) is 16.0 Å². The van der Waals surface area contributed by atoms with Crippen LogP contribution in [0.1, 0.15) is 58.4 Å². The van der Waals surface area contributed by atoms with Gasteiger partial charge in [0.25, 0.3) is 0 Å². The van der Waals surface area contributed by atoms with Crippen molar-refractivity contribution in [3.63, 3.8) is 0 Å². The number of carbonyl (C=O) groups is 2. The molecule has 3 rings (SSSR count). The van der Waals surface area contributed by atoms with Crippen LogP contribution in [0.4, 0.5) is 15.8 Å². The number of nitrogens with one attached hydrogen (secondary N) is 1. The van der Waals surface area contributed by atoms with Crippen molar-refractivity contribution in [1.29, 1.82) is 0 Å². The standard InChI is InChI=1S/C27H35FN2O4/c1-18(2)17-30(21-10-5-4-6-11-21)25-14-13-22(34-19(3)27(32)33)16-24(25)29-26(31)15-20-9-7-8-12-23(20)28/h7-9,12-14,16,18-19,21H,4-6,10-11,15,17H2,1-3H3,(H,29,31)(H,32,33). The van der Waals surface area contributed by atoms with Crippen molar-refractivity contribution in [1.82, 2.24) is 0 Å². The number of carboxylic acids is 1. The van der Waals surface area contributed by atoms with E-state index in [9.17, 15) is 19.1 Å². The molecule has 1 aliphatic rings. The molecule has 1 unspecified atom stereocenters. The quantitative estimate of drug-likeness (QED) is 0.469. The molecular weight excluding hydrogens is 435 g/mol. The lowest BCUT2D eigenvalue weighted by Crippen LogP contribution is -2.40. The van der Waals surface area contributed by atoms with Crippen LogP contribution in [0.3, 0.4) is 0 Å². The molecule has 1 fully saturated rings. The molecule has 2 N–H and O–H groups in total. The van der Waals surface area contributed by atoms with Gasteiger partial charge in [-0.25, -0.2) is 9.18 Å². The number of benzene rings is 2. The number of halogens is 1. The molecule has 1 aliphatic carbocycles. The number of rotatable bonds is 10. The fraction of sp³-hybridized carbons (Fsp3) is 0.481. The van der Waals surface area contributed by atoms with Crippen LogP contribution in [0.5, 0.6) is 5.75 Å². The number of carbonyl (C=O) groups excluding carboxylic acids is 1. The Morgan fingerprint density at radius 3 is 2.47 bits per heavy atom. The molecule has 34 heavy (non-hydrogen) atoms. The highest BCUT2D eigenvalue weighted by molar-refractivity contribution is 5.96. The lowest BCUT2D eigenvalue weighted by Gasteiger charge is -2.38. The summed E-state index contributed by atoms with van der Waals surface area (Å²) in [5, 5.41) is 12.2. The maximum absolute atomic E-state index is 14.1. The molecule has 0 bridgehead atoms. The van der Waals surface area contributed by atoms with Gasteiger partial charge in [-0.3, -0.25) is 4.79 Å². The first-order valence-electron chi connectivity index (χ1n) is 12.1. The Labute approximate surface area is 201 Å². The zero-order chi connectivity index (χ0) is 24.7. The van der Waals surface area contributed by atoms with Crippen molar-refractivity contribution in [2.75, 3.05) is 16.8 Å². The smallest absolute Gasteiger partial charge is 0.344 e. The normalized spacial score (nSPS) is 15.1. The predicted molar refractivity (Wildman–Crippen MR) is 132 cm³/mol. The number of anilines is 2. The number of hydrogen-bond donors (Lipinski definition) is 2. The largest absolute Gasteiger partial charge is 0.479 e. The summed E-state index contributed by atoms with van der Waals surface area (Å²) in [6, 6.07) is 11.9. The number of ether oxygens (including phenoxy) is 1. The Kier molecular flexibility index (Phi) is 8.91. The summed E-state index contributed by atoms with van der Waals surface area (Å²) in [7, 11) is 0. The van der Waals surface area contributed by atoms with Crippen molar-refractivity contribution in [3.8, 4) is 5.75 Å². The maximum Gasteiger partial charge on any atom is 0.344 e. The van der Waals surface area contributed by atoms with E-state index in [1.165, 1.54) is 32.3 Å². The Morgan fingerprint density at radius 1 is 1.12 bits per heavy atom. The molecule has 0 aromatic heterocycles. The summed E-state index contributed by atoms with van der Waals surface area (Å²) in [5.41, 5.74) is 1.74. The second-order valence-corrected chi connectivity index (χ2v) is 9.43. The maximum atomic E-state index is 14.1. The fourth-order valence-electron chi connectivity index (χ4n) is 4.43. The van der Waals surface area contributed by atoms with Gasteiger partial charge in [0.05, 0.1) is 17.8 Å². The summed E-state index contributed by atoms with van der Waals surface area (Å²) in [6.45, 7) is 6.61. The van der Waals surface area contributed by atoms with Crippen molar-refractivity contribution in [2.45, 2.75) is 71.4 Å². The van der Waals surface area contributed by atoms with E-state index >= 15 is 0 Å². The number of amides is 1. The van der Waals surface area contributed by atoms with Gasteiger partial charge >= 0.3 is 5.97 Å². The first-order chi connectivity index (χ1) is 16.2. The molecule has 2 aromatic carbocycles. The zero-order valence-corrected chi connectivity index (χ0v) is 20.2. The molecule has 0 heterocycles. The molecule has 1 saturated carbocycles. The summed E-state index contributed by atoms with van der Waals surface area (Å²) in [4.78, 5) is 26.5. The van der Waals surface area contributed by atoms with E-state index in [0.717, 1.165) is 25.1 Å². The number of aliphatic carboxylic acids is 1. The van der Waals surface area contributed by atoms with Gasteiger partial charge in [-0.1, -0.05) is 51.3 Å². The molecule has 0 aliphatic heterocycles.